The lowest BCUT2D eigenvalue weighted by molar-refractivity contribution is 0.644. The van der Waals surface area contributed by atoms with E-state index in [1.807, 2.05) is 6.19 Å². The Hall–Kier alpha value is -1.04. The summed E-state index contributed by atoms with van der Waals surface area (Å²) in [5.41, 5.74) is 0. The highest BCUT2D eigenvalue weighted by Crippen LogP contribution is 1.87. The smallest absolute Gasteiger partial charge is 0.185 e. The maximum atomic E-state index is 8.12. The Labute approximate surface area is 41.9 Å². The van der Waals surface area contributed by atoms with Crippen LogP contribution in [0.4, 0.5) is 0 Å². The van der Waals surface area contributed by atoms with E-state index in [2.05, 4.69) is 11.3 Å². The van der Waals surface area contributed by atoms with Crippen LogP contribution < -0.4 is 0 Å². The topological polar surface area (TPSA) is 39.4 Å². The van der Waals surface area contributed by atoms with E-state index in [1.165, 1.54) is 4.90 Å². The van der Waals surface area contributed by atoms with Gasteiger partial charge in [-0.3, -0.25) is 9.89 Å². The molecule has 1 rings (SSSR count). The predicted molar refractivity (Wildman–Crippen MR) is 24.6 cm³/mol. The van der Waals surface area contributed by atoms with Crippen LogP contribution in [0.3, 0.4) is 0 Å². The molecular weight excluding hydrogens is 90.1 g/mol. The molecule has 0 spiro atoms. The quantitative estimate of drug-likeness (QED) is 0.386. The van der Waals surface area contributed by atoms with Gasteiger partial charge in [-0.1, -0.05) is 0 Å². The molecule has 1 heterocycles. The molecule has 0 amide bonds. The molecule has 0 aromatic carbocycles. The molecule has 0 saturated carbocycles. The van der Waals surface area contributed by atoms with Crippen molar-refractivity contribution in [2.75, 3.05) is 13.1 Å². The minimum absolute atomic E-state index is 0.705. The molecule has 3 heteroatoms. The average molecular weight is 94.1 g/mol. The highest BCUT2D eigenvalue weighted by atomic mass is 15.2. The molecule has 7 heavy (non-hydrogen) atoms. The van der Waals surface area contributed by atoms with Crippen LogP contribution >= 0.6 is 0 Å². The molecule has 0 aromatic rings. The summed E-state index contributed by atoms with van der Waals surface area (Å²) in [6.45, 7) is 1.42. The number of hydrogen-bond donors (Lipinski definition) is 0. The first kappa shape index (κ1) is 4.13. The van der Waals surface area contributed by atoms with Crippen LogP contribution in [-0.2, 0) is 0 Å². The first-order chi connectivity index (χ1) is 3.43. The lowest BCUT2D eigenvalue weighted by Crippen LogP contribution is -2.10. The van der Waals surface area contributed by atoms with E-state index in [0.717, 1.165) is 0 Å². The van der Waals surface area contributed by atoms with Crippen LogP contribution in [0, 0.1) is 11.5 Å². The zero-order valence-electron chi connectivity index (χ0n) is 3.76. The van der Waals surface area contributed by atoms with Gasteiger partial charge in [-0.25, -0.2) is 0 Å². The second kappa shape index (κ2) is 1.61. The zero-order chi connectivity index (χ0) is 5.11. The Morgan fingerprint density at radius 2 is 2.71 bits per heavy atom. The van der Waals surface area contributed by atoms with Crippen LogP contribution in [0.15, 0.2) is 4.99 Å². The fourth-order valence-corrected chi connectivity index (χ4v) is 0.408. The van der Waals surface area contributed by atoms with Crippen molar-refractivity contribution in [1.82, 2.24) is 4.90 Å². The van der Waals surface area contributed by atoms with Crippen LogP contribution in [0.2, 0.25) is 0 Å². The number of hydrogen-bond acceptors (Lipinski definition) is 3. The lowest BCUT2D eigenvalue weighted by atomic mass is 10.6. The van der Waals surface area contributed by atoms with Gasteiger partial charge in [-0.2, -0.15) is 5.26 Å². The Bertz CT molecular complexity index is 121. The van der Waals surface area contributed by atoms with E-state index >= 15 is 0 Å². The van der Waals surface area contributed by atoms with Crippen molar-refractivity contribution in [3.63, 3.8) is 0 Å². The van der Waals surface area contributed by atoms with Gasteiger partial charge in [0.2, 0.25) is 0 Å². The van der Waals surface area contributed by atoms with Gasteiger partial charge in [0, 0.05) is 0 Å². The molecule has 0 unspecified atom stereocenters. The average Bonchev–Trinajstić information content (AvgIpc) is 2.14. The van der Waals surface area contributed by atoms with Gasteiger partial charge in [0.1, 0.15) is 0 Å². The molecule has 0 fully saturated rings. The van der Waals surface area contributed by atoms with Crippen LogP contribution in [0.1, 0.15) is 0 Å². The van der Waals surface area contributed by atoms with Crippen molar-refractivity contribution < 1.29 is 0 Å². The lowest BCUT2D eigenvalue weighted by Gasteiger charge is -1.93. The first-order valence-corrected chi connectivity index (χ1v) is 2.03. The molecule has 0 N–H and O–H groups in total. The monoisotopic (exact) mass is 94.0 g/mol. The molecule has 0 atom stereocenters. The van der Waals surface area contributed by atoms with Gasteiger partial charge in [0.25, 0.3) is 0 Å². The van der Waals surface area contributed by atoms with Gasteiger partial charge in [0.15, 0.2) is 12.5 Å². The largest absolute Gasteiger partial charge is 0.262 e. The van der Waals surface area contributed by atoms with Crippen molar-refractivity contribution in [3.8, 4) is 6.19 Å². The Morgan fingerprint density at radius 1 is 1.86 bits per heavy atom. The third kappa shape index (κ3) is 0.686. The minimum Gasteiger partial charge on any atom is -0.262 e. The Kier molecular flexibility index (Phi) is 0.947. The van der Waals surface area contributed by atoms with Crippen molar-refractivity contribution >= 4 is 6.34 Å². The summed E-state index contributed by atoms with van der Waals surface area (Å²) < 4.78 is 0. The summed E-state index contributed by atoms with van der Waals surface area (Å²) in [7, 11) is 0. The van der Waals surface area contributed by atoms with Gasteiger partial charge in [0.05, 0.1) is 13.1 Å². The van der Waals surface area contributed by atoms with Crippen LogP contribution in [0.5, 0.6) is 0 Å². The molecule has 1 radical (unpaired) electrons. The molecular formula is C4H4N3. The van der Waals surface area contributed by atoms with Gasteiger partial charge in [-0.15, -0.1) is 0 Å². The van der Waals surface area contributed by atoms with Gasteiger partial charge < -0.3 is 0 Å². The zero-order valence-corrected chi connectivity index (χ0v) is 3.76. The number of nitrogens with zero attached hydrogens (tertiary/aromatic N) is 3. The third-order valence-corrected chi connectivity index (χ3v) is 0.748. The number of nitriles is 1. The summed E-state index contributed by atoms with van der Waals surface area (Å²) in [6.07, 6.45) is 4.40. The second-order valence-electron chi connectivity index (χ2n) is 1.23. The van der Waals surface area contributed by atoms with Crippen molar-refractivity contribution in [2.45, 2.75) is 0 Å². The van der Waals surface area contributed by atoms with Crippen LogP contribution in [0.25, 0.3) is 0 Å². The van der Waals surface area contributed by atoms with E-state index < -0.39 is 0 Å². The van der Waals surface area contributed by atoms with Crippen molar-refractivity contribution in [2.24, 2.45) is 4.99 Å². The summed E-state index contributed by atoms with van der Waals surface area (Å²) >= 11 is 0. The Morgan fingerprint density at radius 3 is 3.00 bits per heavy atom. The molecule has 0 saturated heterocycles. The maximum Gasteiger partial charge on any atom is 0.185 e. The highest BCUT2D eigenvalue weighted by Gasteiger charge is 2.01. The predicted octanol–water partition coefficient (Wildman–Crippen LogP) is -0.312. The van der Waals surface area contributed by atoms with E-state index in [1.54, 1.807) is 0 Å². The number of aliphatic imine (C=N–C) groups is 1. The van der Waals surface area contributed by atoms with Crippen molar-refractivity contribution in [1.29, 1.82) is 5.26 Å². The van der Waals surface area contributed by atoms with E-state index in [-0.39, 0.29) is 0 Å². The van der Waals surface area contributed by atoms with E-state index in [9.17, 15) is 0 Å². The summed E-state index contributed by atoms with van der Waals surface area (Å²) in [4.78, 5) is 5.06. The van der Waals surface area contributed by atoms with Gasteiger partial charge >= 0.3 is 0 Å². The maximum absolute atomic E-state index is 8.12. The molecule has 3 nitrogen and oxygen atoms in total. The molecule has 1 aliphatic heterocycles. The normalized spacial score (nSPS) is 17.3. The number of rotatable bonds is 0. The van der Waals surface area contributed by atoms with E-state index in [4.69, 9.17) is 5.26 Å². The van der Waals surface area contributed by atoms with E-state index in [0.29, 0.717) is 13.1 Å². The minimum atomic E-state index is 0.705. The molecule has 1 aliphatic rings. The standard InChI is InChI=1S/C4H4N3/c5-3-7-2-1-6-4-7/h1-2H2. The third-order valence-electron chi connectivity index (χ3n) is 0.748. The molecule has 0 bridgehead atoms. The molecule has 35 valence electrons. The van der Waals surface area contributed by atoms with Crippen LogP contribution in [-0.4, -0.2) is 24.3 Å². The fraction of sp³-hybridized carbons (Fsp3) is 0.500. The molecule has 0 aliphatic carbocycles. The Balaban J connectivity index is 2.47. The first-order valence-electron chi connectivity index (χ1n) is 2.03. The SMILES string of the molecule is N#CN1[C]=NCC1. The summed E-state index contributed by atoms with van der Waals surface area (Å²) in [5, 5.41) is 8.12. The summed E-state index contributed by atoms with van der Waals surface area (Å²) in [6, 6.07) is 0. The fourth-order valence-electron chi connectivity index (χ4n) is 0.408. The van der Waals surface area contributed by atoms with Crippen molar-refractivity contribution in [3.05, 3.63) is 0 Å². The highest BCUT2D eigenvalue weighted by molar-refractivity contribution is 5.59. The van der Waals surface area contributed by atoms with Gasteiger partial charge in [-0.05, 0) is 0 Å². The molecule has 0 aromatic heterocycles. The summed E-state index contributed by atoms with van der Waals surface area (Å²) in [5.74, 6) is 0. The second-order valence-corrected chi connectivity index (χ2v) is 1.23.